The SMILES string of the molecule is Cn1c(=O)n2c3ccccc3cc2c2cc(-c3ccccc3-c3c4ccccc4c(-c4ccc5ccccc5c4)c4ccccc34)ccc21. The number of rotatable bonds is 3. The number of hydrogen-bond acceptors (Lipinski definition) is 1. The molecule has 230 valence electrons. The van der Waals surface area contributed by atoms with E-state index in [1.54, 1.807) is 4.57 Å². The Hall–Kier alpha value is -6.45. The number of aromatic nitrogens is 2. The molecular weight excluding hydrogens is 597 g/mol. The van der Waals surface area contributed by atoms with E-state index >= 15 is 0 Å². The number of nitrogens with zero attached hydrogens (tertiary/aromatic N) is 2. The summed E-state index contributed by atoms with van der Waals surface area (Å²) in [6, 6.07) is 58.6. The lowest BCUT2D eigenvalue weighted by atomic mass is 9.83. The normalized spacial score (nSPS) is 11.9. The van der Waals surface area contributed by atoms with Crippen molar-refractivity contribution < 1.29 is 0 Å². The third-order valence-corrected chi connectivity index (χ3v) is 10.3. The Morgan fingerprint density at radius 2 is 0.959 bits per heavy atom. The zero-order chi connectivity index (χ0) is 32.6. The average Bonchev–Trinajstić information content (AvgIpc) is 3.56. The van der Waals surface area contributed by atoms with Gasteiger partial charge in [-0.1, -0.05) is 133 Å². The van der Waals surface area contributed by atoms with Crippen LogP contribution in [0.15, 0.2) is 169 Å². The van der Waals surface area contributed by atoms with E-state index in [9.17, 15) is 4.79 Å². The molecule has 0 saturated carbocycles. The van der Waals surface area contributed by atoms with E-state index in [-0.39, 0.29) is 5.69 Å². The Morgan fingerprint density at radius 3 is 1.69 bits per heavy atom. The highest BCUT2D eigenvalue weighted by Crippen LogP contribution is 2.46. The number of para-hydroxylation sites is 1. The summed E-state index contributed by atoms with van der Waals surface area (Å²) in [4.78, 5) is 13.6. The summed E-state index contributed by atoms with van der Waals surface area (Å²) >= 11 is 0. The smallest absolute Gasteiger partial charge is 0.296 e. The molecule has 0 fully saturated rings. The zero-order valence-corrected chi connectivity index (χ0v) is 26.9. The molecule has 3 heteroatoms. The van der Waals surface area contributed by atoms with Crippen molar-refractivity contribution in [1.82, 2.24) is 8.97 Å². The maximum atomic E-state index is 13.6. The molecule has 3 nitrogen and oxygen atoms in total. The van der Waals surface area contributed by atoms with Crippen LogP contribution in [0.2, 0.25) is 0 Å². The highest BCUT2D eigenvalue weighted by Gasteiger charge is 2.20. The zero-order valence-electron chi connectivity index (χ0n) is 26.9. The van der Waals surface area contributed by atoms with Crippen LogP contribution in [-0.2, 0) is 7.05 Å². The molecule has 8 aromatic carbocycles. The number of fused-ring (bicyclic) bond motifs is 8. The van der Waals surface area contributed by atoms with Gasteiger partial charge in [-0.05, 0) is 96.0 Å². The molecule has 0 amide bonds. The van der Waals surface area contributed by atoms with Crippen LogP contribution in [0.25, 0.3) is 93.0 Å². The second kappa shape index (κ2) is 10.5. The summed E-state index contributed by atoms with van der Waals surface area (Å²) in [7, 11) is 1.86. The van der Waals surface area contributed by atoms with Crippen molar-refractivity contribution in [3.63, 3.8) is 0 Å². The molecule has 10 rings (SSSR count). The van der Waals surface area contributed by atoms with Gasteiger partial charge < -0.3 is 0 Å². The molecule has 0 aliphatic heterocycles. The van der Waals surface area contributed by atoms with E-state index in [1.807, 2.05) is 29.6 Å². The van der Waals surface area contributed by atoms with Crippen LogP contribution in [0.1, 0.15) is 0 Å². The van der Waals surface area contributed by atoms with Crippen molar-refractivity contribution >= 4 is 59.6 Å². The molecular formula is C46H30N2O. The third-order valence-electron chi connectivity index (χ3n) is 10.3. The maximum absolute atomic E-state index is 13.6. The van der Waals surface area contributed by atoms with E-state index < -0.39 is 0 Å². The van der Waals surface area contributed by atoms with Crippen molar-refractivity contribution in [2.24, 2.45) is 7.05 Å². The minimum atomic E-state index is -0.0405. The molecule has 0 aliphatic rings. The van der Waals surface area contributed by atoms with Gasteiger partial charge in [-0.25, -0.2) is 4.79 Å². The van der Waals surface area contributed by atoms with Gasteiger partial charge in [-0.2, -0.15) is 0 Å². The monoisotopic (exact) mass is 626 g/mol. The van der Waals surface area contributed by atoms with Gasteiger partial charge in [0.15, 0.2) is 0 Å². The van der Waals surface area contributed by atoms with E-state index in [0.29, 0.717) is 0 Å². The predicted molar refractivity (Wildman–Crippen MR) is 206 cm³/mol. The number of hydrogen-bond donors (Lipinski definition) is 0. The van der Waals surface area contributed by atoms with E-state index in [1.165, 1.54) is 54.6 Å². The second-order valence-electron chi connectivity index (χ2n) is 12.9. The number of aryl methyl sites for hydroxylation is 1. The van der Waals surface area contributed by atoms with Crippen LogP contribution in [0.5, 0.6) is 0 Å². The second-order valence-corrected chi connectivity index (χ2v) is 12.9. The average molecular weight is 627 g/mol. The summed E-state index contributed by atoms with van der Waals surface area (Å²) in [5.74, 6) is 0. The molecule has 0 bridgehead atoms. The fourth-order valence-corrected chi connectivity index (χ4v) is 8.04. The molecule has 2 aromatic heterocycles. The first-order valence-corrected chi connectivity index (χ1v) is 16.7. The van der Waals surface area contributed by atoms with E-state index in [2.05, 4.69) is 146 Å². The summed E-state index contributed by atoms with van der Waals surface area (Å²) in [6.07, 6.45) is 0. The third kappa shape index (κ3) is 4.06. The van der Waals surface area contributed by atoms with Crippen LogP contribution in [0.4, 0.5) is 0 Å². The molecule has 0 saturated heterocycles. The van der Waals surface area contributed by atoms with Crippen LogP contribution >= 0.6 is 0 Å². The molecule has 0 N–H and O–H groups in total. The van der Waals surface area contributed by atoms with E-state index in [4.69, 9.17) is 0 Å². The lowest BCUT2D eigenvalue weighted by molar-refractivity contribution is 0.838. The Kier molecular flexibility index (Phi) is 5.94. The molecule has 0 aliphatic carbocycles. The molecule has 49 heavy (non-hydrogen) atoms. The molecule has 0 spiro atoms. The van der Waals surface area contributed by atoms with Gasteiger partial charge >= 0.3 is 5.69 Å². The Balaban J connectivity index is 1.26. The topological polar surface area (TPSA) is 26.4 Å². The van der Waals surface area contributed by atoms with Crippen LogP contribution < -0.4 is 5.69 Å². The standard InChI is InChI=1S/C46H30N2O/c1-47-42-25-24-31(27-40(42)43-28-32-14-4-11-21-41(32)48(43)46(47)49)34-15-5-6-16-35(34)45-38-19-9-7-17-36(38)44(37-18-8-10-20-39(37)45)33-23-22-29-12-2-3-13-30(29)26-33/h2-28H,1H3. The Bertz CT molecular complexity index is 2980. The molecule has 2 heterocycles. The lowest BCUT2D eigenvalue weighted by Crippen LogP contribution is -2.24. The van der Waals surface area contributed by atoms with Gasteiger partial charge in [0.2, 0.25) is 0 Å². The van der Waals surface area contributed by atoms with Gasteiger partial charge in [0.1, 0.15) is 0 Å². The van der Waals surface area contributed by atoms with Crippen molar-refractivity contribution in [1.29, 1.82) is 0 Å². The fraction of sp³-hybridized carbons (Fsp3) is 0.0217. The van der Waals surface area contributed by atoms with Crippen molar-refractivity contribution in [2.45, 2.75) is 0 Å². The summed E-state index contributed by atoms with van der Waals surface area (Å²) in [5.41, 5.74) is 9.87. The molecule has 0 unspecified atom stereocenters. The first kappa shape index (κ1) is 27.6. The predicted octanol–water partition coefficient (Wildman–Crippen LogP) is 11.4. The van der Waals surface area contributed by atoms with Gasteiger partial charge in [0.05, 0.1) is 16.6 Å². The van der Waals surface area contributed by atoms with Crippen LogP contribution in [-0.4, -0.2) is 8.97 Å². The quantitative estimate of drug-likeness (QED) is 0.179. The molecule has 0 radical (unpaired) electrons. The van der Waals surface area contributed by atoms with Crippen molar-refractivity contribution in [3.05, 3.63) is 174 Å². The lowest BCUT2D eigenvalue weighted by Gasteiger charge is -2.20. The van der Waals surface area contributed by atoms with Gasteiger partial charge in [-0.15, -0.1) is 0 Å². The Morgan fingerprint density at radius 1 is 0.388 bits per heavy atom. The van der Waals surface area contributed by atoms with E-state index in [0.717, 1.165) is 38.4 Å². The minimum Gasteiger partial charge on any atom is -0.296 e. The Labute approximate surface area is 282 Å². The van der Waals surface area contributed by atoms with Gasteiger partial charge in [-0.3, -0.25) is 8.97 Å². The first-order chi connectivity index (χ1) is 24.2. The first-order valence-electron chi connectivity index (χ1n) is 16.7. The largest absolute Gasteiger partial charge is 0.333 e. The van der Waals surface area contributed by atoms with Gasteiger partial charge in [0.25, 0.3) is 0 Å². The minimum absolute atomic E-state index is 0.0405. The summed E-state index contributed by atoms with van der Waals surface area (Å²) in [6.45, 7) is 0. The summed E-state index contributed by atoms with van der Waals surface area (Å²) in [5, 5.41) is 9.50. The van der Waals surface area contributed by atoms with Crippen LogP contribution in [0, 0.1) is 0 Å². The highest BCUT2D eigenvalue weighted by molar-refractivity contribution is 6.22. The maximum Gasteiger partial charge on any atom is 0.333 e. The van der Waals surface area contributed by atoms with Gasteiger partial charge in [0, 0.05) is 17.8 Å². The fourth-order valence-electron chi connectivity index (χ4n) is 8.04. The van der Waals surface area contributed by atoms with Crippen molar-refractivity contribution in [3.8, 4) is 33.4 Å². The van der Waals surface area contributed by atoms with Crippen LogP contribution in [0.3, 0.4) is 0 Å². The molecule has 10 aromatic rings. The molecule has 0 atom stereocenters. The number of benzene rings is 8. The highest BCUT2D eigenvalue weighted by atomic mass is 16.1. The van der Waals surface area contributed by atoms with Crippen molar-refractivity contribution in [2.75, 3.05) is 0 Å². The summed E-state index contributed by atoms with van der Waals surface area (Å²) < 4.78 is 3.61.